The van der Waals surface area contributed by atoms with E-state index < -0.39 is 0 Å². The summed E-state index contributed by atoms with van der Waals surface area (Å²) in [5.74, 6) is 5.28. The fourth-order valence-corrected chi connectivity index (χ4v) is 1.68. The van der Waals surface area contributed by atoms with Crippen LogP contribution in [0.5, 0.6) is 0 Å². The minimum atomic E-state index is -0.0535. The van der Waals surface area contributed by atoms with Crippen LogP contribution in [0.1, 0.15) is 18.5 Å². The van der Waals surface area contributed by atoms with E-state index in [0.717, 1.165) is 5.56 Å². The molecule has 0 radical (unpaired) electrons. The van der Waals surface area contributed by atoms with Crippen LogP contribution >= 0.6 is 34.8 Å². The van der Waals surface area contributed by atoms with Crippen molar-refractivity contribution in [2.45, 2.75) is 13.0 Å². The van der Waals surface area contributed by atoms with Crippen molar-refractivity contribution >= 4 is 34.8 Å². The van der Waals surface area contributed by atoms with Crippen LogP contribution < -0.4 is 11.3 Å². The maximum absolute atomic E-state index is 5.94. The third-order valence-electron chi connectivity index (χ3n) is 1.76. The maximum atomic E-state index is 5.94. The quantitative estimate of drug-likeness (QED) is 0.473. The summed E-state index contributed by atoms with van der Waals surface area (Å²) in [7, 11) is 0. The van der Waals surface area contributed by atoms with Gasteiger partial charge < -0.3 is 0 Å². The highest BCUT2D eigenvalue weighted by Gasteiger charge is 2.10. The molecule has 0 amide bonds. The van der Waals surface area contributed by atoms with E-state index in [1.807, 2.05) is 6.92 Å². The van der Waals surface area contributed by atoms with Crippen LogP contribution in [0.3, 0.4) is 0 Å². The molecular weight excluding hydrogens is 230 g/mol. The first-order chi connectivity index (χ1) is 6.06. The first-order valence-electron chi connectivity index (χ1n) is 3.67. The number of nitrogens with two attached hydrogens (primary N) is 1. The van der Waals surface area contributed by atoms with E-state index in [1.54, 1.807) is 12.1 Å². The van der Waals surface area contributed by atoms with Gasteiger partial charge in [-0.1, -0.05) is 34.8 Å². The Kier molecular flexibility index (Phi) is 3.83. The molecule has 0 saturated carbocycles. The van der Waals surface area contributed by atoms with Crippen LogP contribution in [-0.2, 0) is 0 Å². The molecular formula is C8H9Cl3N2. The molecule has 1 rings (SSSR count). The molecule has 0 saturated heterocycles. The van der Waals surface area contributed by atoms with Gasteiger partial charge in [0, 0.05) is 11.1 Å². The topological polar surface area (TPSA) is 38.0 Å². The molecule has 1 atom stereocenters. The summed E-state index contributed by atoms with van der Waals surface area (Å²) in [6.07, 6.45) is 0. The Labute approximate surface area is 91.9 Å². The predicted molar refractivity (Wildman–Crippen MR) is 57.2 cm³/mol. The summed E-state index contributed by atoms with van der Waals surface area (Å²) in [4.78, 5) is 0. The highest BCUT2D eigenvalue weighted by molar-refractivity contribution is 6.43. The zero-order chi connectivity index (χ0) is 10.0. The SMILES string of the molecule is CC(NN)c1cc(Cl)c(Cl)cc1Cl. The number of halogens is 3. The number of hydrogen-bond donors (Lipinski definition) is 2. The van der Waals surface area contributed by atoms with Gasteiger partial charge in [0.15, 0.2) is 0 Å². The molecule has 0 fully saturated rings. The van der Waals surface area contributed by atoms with Crippen molar-refractivity contribution in [2.75, 3.05) is 0 Å². The van der Waals surface area contributed by atoms with Crippen LogP contribution in [0.15, 0.2) is 12.1 Å². The molecule has 3 N–H and O–H groups in total. The summed E-state index contributed by atoms with van der Waals surface area (Å²) in [5, 5.41) is 1.47. The lowest BCUT2D eigenvalue weighted by molar-refractivity contribution is 0.603. The summed E-state index contributed by atoms with van der Waals surface area (Å²) < 4.78 is 0. The molecule has 72 valence electrons. The van der Waals surface area contributed by atoms with Crippen molar-refractivity contribution < 1.29 is 0 Å². The van der Waals surface area contributed by atoms with Gasteiger partial charge in [-0.15, -0.1) is 0 Å². The van der Waals surface area contributed by atoms with Crippen molar-refractivity contribution in [2.24, 2.45) is 5.84 Å². The lowest BCUT2D eigenvalue weighted by Gasteiger charge is -2.13. The third-order valence-corrected chi connectivity index (χ3v) is 2.81. The first kappa shape index (κ1) is 11.1. The molecule has 0 spiro atoms. The monoisotopic (exact) mass is 238 g/mol. The Morgan fingerprint density at radius 2 is 1.69 bits per heavy atom. The Morgan fingerprint density at radius 1 is 1.15 bits per heavy atom. The van der Waals surface area contributed by atoms with Crippen molar-refractivity contribution in [1.29, 1.82) is 0 Å². The van der Waals surface area contributed by atoms with Crippen LogP contribution in [0.25, 0.3) is 0 Å². The van der Waals surface area contributed by atoms with Gasteiger partial charge in [-0.25, -0.2) is 0 Å². The van der Waals surface area contributed by atoms with Crippen LogP contribution in [-0.4, -0.2) is 0 Å². The lowest BCUT2D eigenvalue weighted by atomic mass is 10.1. The van der Waals surface area contributed by atoms with Crippen LogP contribution in [0.2, 0.25) is 15.1 Å². The van der Waals surface area contributed by atoms with Gasteiger partial charge in [0.2, 0.25) is 0 Å². The molecule has 1 aromatic carbocycles. The van der Waals surface area contributed by atoms with Crippen molar-refractivity contribution in [3.05, 3.63) is 32.8 Å². The van der Waals surface area contributed by atoms with Gasteiger partial charge in [-0.2, -0.15) is 0 Å². The largest absolute Gasteiger partial charge is 0.271 e. The van der Waals surface area contributed by atoms with Gasteiger partial charge in [0.25, 0.3) is 0 Å². The second-order valence-corrected chi connectivity index (χ2v) is 3.90. The first-order valence-corrected chi connectivity index (χ1v) is 4.80. The zero-order valence-electron chi connectivity index (χ0n) is 6.94. The van der Waals surface area contributed by atoms with E-state index >= 15 is 0 Å². The Balaban J connectivity index is 3.15. The Bertz CT molecular complexity index is 315. The molecule has 0 aliphatic carbocycles. The molecule has 0 aromatic heterocycles. The molecule has 13 heavy (non-hydrogen) atoms. The van der Waals surface area contributed by atoms with Gasteiger partial charge in [-0.3, -0.25) is 11.3 Å². The Morgan fingerprint density at radius 3 is 2.23 bits per heavy atom. The number of rotatable bonds is 2. The van der Waals surface area contributed by atoms with Gasteiger partial charge in [0.1, 0.15) is 0 Å². The number of hydrazine groups is 1. The minimum Gasteiger partial charge on any atom is -0.271 e. The van der Waals surface area contributed by atoms with Crippen LogP contribution in [0.4, 0.5) is 0 Å². The lowest BCUT2D eigenvalue weighted by Crippen LogP contribution is -2.25. The molecule has 0 heterocycles. The van der Waals surface area contributed by atoms with E-state index in [9.17, 15) is 0 Å². The number of hydrogen-bond acceptors (Lipinski definition) is 2. The highest BCUT2D eigenvalue weighted by atomic mass is 35.5. The van der Waals surface area contributed by atoms with E-state index in [-0.39, 0.29) is 6.04 Å². The summed E-state index contributed by atoms with van der Waals surface area (Å²) in [6, 6.07) is 3.26. The van der Waals surface area contributed by atoms with Crippen molar-refractivity contribution in [3.63, 3.8) is 0 Å². The van der Waals surface area contributed by atoms with E-state index in [2.05, 4.69) is 5.43 Å². The Hall–Kier alpha value is 0.01000. The van der Waals surface area contributed by atoms with Crippen molar-refractivity contribution in [3.8, 4) is 0 Å². The van der Waals surface area contributed by atoms with E-state index in [4.69, 9.17) is 40.6 Å². The standard InChI is InChI=1S/C8H9Cl3N2/c1-4(13-12)5-2-7(10)8(11)3-6(5)9/h2-4,13H,12H2,1H3. The molecule has 2 nitrogen and oxygen atoms in total. The number of benzene rings is 1. The molecule has 0 bridgehead atoms. The van der Waals surface area contributed by atoms with E-state index in [0.29, 0.717) is 15.1 Å². The molecule has 0 aliphatic rings. The fourth-order valence-electron chi connectivity index (χ4n) is 0.960. The number of nitrogens with one attached hydrogen (secondary N) is 1. The molecule has 1 aromatic rings. The van der Waals surface area contributed by atoms with Crippen molar-refractivity contribution in [1.82, 2.24) is 5.43 Å². The van der Waals surface area contributed by atoms with Crippen LogP contribution in [0, 0.1) is 0 Å². The van der Waals surface area contributed by atoms with E-state index in [1.165, 1.54) is 0 Å². The average molecular weight is 240 g/mol. The third kappa shape index (κ3) is 2.48. The maximum Gasteiger partial charge on any atom is 0.0607 e. The molecule has 1 unspecified atom stereocenters. The van der Waals surface area contributed by atoms with Gasteiger partial charge in [-0.05, 0) is 24.6 Å². The summed E-state index contributed by atoms with van der Waals surface area (Å²) in [5.41, 5.74) is 3.41. The minimum absolute atomic E-state index is 0.0535. The predicted octanol–water partition coefficient (Wildman–Crippen LogP) is 3.17. The average Bonchev–Trinajstić information content (AvgIpc) is 2.10. The highest BCUT2D eigenvalue weighted by Crippen LogP contribution is 2.31. The summed E-state index contributed by atoms with van der Waals surface area (Å²) >= 11 is 17.5. The normalized spacial score (nSPS) is 13.0. The second-order valence-electron chi connectivity index (χ2n) is 2.68. The molecule has 0 aliphatic heterocycles. The molecule has 5 heteroatoms. The smallest absolute Gasteiger partial charge is 0.0607 e. The zero-order valence-corrected chi connectivity index (χ0v) is 9.21. The summed E-state index contributed by atoms with van der Waals surface area (Å²) in [6.45, 7) is 1.88. The van der Waals surface area contributed by atoms with Gasteiger partial charge >= 0.3 is 0 Å². The second kappa shape index (κ2) is 4.49. The fraction of sp³-hybridized carbons (Fsp3) is 0.250. The van der Waals surface area contributed by atoms with Gasteiger partial charge in [0.05, 0.1) is 10.0 Å².